The molecule has 2 aliphatic carbocycles. The molecule has 178 valence electrons. The van der Waals surface area contributed by atoms with Gasteiger partial charge in [0.25, 0.3) is 0 Å². The van der Waals surface area contributed by atoms with Crippen molar-refractivity contribution in [2.75, 3.05) is 19.8 Å². The standard InChI is InChI=1S/C18H29NO12/c19-3-4-28-15-10-14(26)12(24)7(5-20)18(10,30-15)31-16-9-13(25)11(23)6(1-2-8(21)22)17(9,27)29-16/h6-7,9-16,20,23-27H,1-5,19H2,(H,21,22)/t6?,7?,9?,10?,11-,12-,13?,14?,15+,16-,17?,18?/m1/s1. The second-order valence-corrected chi connectivity index (χ2v) is 8.56. The van der Waals surface area contributed by atoms with E-state index in [0.717, 1.165) is 0 Å². The molecule has 0 amide bonds. The predicted octanol–water partition coefficient (Wildman–Crippen LogP) is -4.13. The zero-order valence-corrected chi connectivity index (χ0v) is 16.6. The number of carboxylic acids is 1. The fraction of sp³-hybridized carbons (Fsp3) is 0.944. The Balaban J connectivity index is 1.52. The molecule has 2 saturated carbocycles. The molecular formula is C18H29NO12. The SMILES string of the molecule is NCCO[C@H]1OC2(O[C@H]3OC4(O)C3C(O)[C@H](O)C4CCC(=O)O)C1C(O)[C@H](O)C2CO. The van der Waals surface area contributed by atoms with Crippen molar-refractivity contribution in [2.45, 2.75) is 61.4 Å². The van der Waals surface area contributed by atoms with E-state index in [1.165, 1.54) is 0 Å². The number of ether oxygens (including phenoxy) is 4. The van der Waals surface area contributed by atoms with Crippen LogP contribution in [0.1, 0.15) is 12.8 Å². The van der Waals surface area contributed by atoms with Gasteiger partial charge in [-0.1, -0.05) is 0 Å². The van der Waals surface area contributed by atoms with Crippen molar-refractivity contribution in [3.63, 3.8) is 0 Å². The largest absolute Gasteiger partial charge is 0.481 e. The summed E-state index contributed by atoms with van der Waals surface area (Å²) in [4.78, 5) is 10.9. The van der Waals surface area contributed by atoms with Crippen LogP contribution in [0.3, 0.4) is 0 Å². The van der Waals surface area contributed by atoms with Gasteiger partial charge in [0, 0.05) is 18.9 Å². The maximum atomic E-state index is 10.9. The quantitative estimate of drug-likeness (QED) is 0.167. The van der Waals surface area contributed by atoms with E-state index in [0.29, 0.717) is 0 Å². The highest BCUT2D eigenvalue weighted by molar-refractivity contribution is 5.66. The van der Waals surface area contributed by atoms with Crippen LogP contribution < -0.4 is 5.73 Å². The van der Waals surface area contributed by atoms with Crippen molar-refractivity contribution in [2.24, 2.45) is 29.4 Å². The third-order valence-corrected chi connectivity index (χ3v) is 7.01. The third-order valence-electron chi connectivity index (χ3n) is 7.01. The predicted molar refractivity (Wildman–Crippen MR) is 95.5 cm³/mol. The Hall–Kier alpha value is -0.970. The van der Waals surface area contributed by atoms with Gasteiger partial charge in [0.15, 0.2) is 24.2 Å². The number of hydrogen-bond acceptors (Lipinski definition) is 12. The minimum Gasteiger partial charge on any atom is -0.481 e. The molecule has 31 heavy (non-hydrogen) atoms. The van der Waals surface area contributed by atoms with E-state index in [2.05, 4.69) is 0 Å². The first-order chi connectivity index (χ1) is 14.6. The lowest BCUT2D eigenvalue weighted by Gasteiger charge is -2.58. The van der Waals surface area contributed by atoms with E-state index in [-0.39, 0.29) is 26.0 Å². The van der Waals surface area contributed by atoms with Crippen molar-refractivity contribution < 1.29 is 59.5 Å². The molecule has 2 aliphatic heterocycles. The van der Waals surface area contributed by atoms with Gasteiger partial charge in [-0.3, -0.25) is 4.79 Å². The molecule has 4 aliphatic rings. The van der Waals surface area contributed by atoms with Crippen LogP contribution in [0, 0.1) is 23.7 Å². The lowest BCUT2D eigenvalue weighted by atomic mass is 9.85. The molecule has 0 aromatic rings. The molecule has 9 N–H and O–H groups in total. The summed E-state index contributed by atoms with van der Waals surface area (Å²) in [6.45, 7) is -0.306. The number of aliphatic carboxylic acids is 1. The minimum atomic E-state index is -2.02. The van der Waals surface area contributed by atoms with Gasteiger partial charge in [-0.15, -0.1) is 0 Å². The highest BCUT2D eigenvalue weighted by Gasteiger charge is 2.77. The molecule has 0 aromatic heterocycles. The first-order valence-electron chi connectivity index (χ1n) is 10.2. The Morgan fingerprint density at radius 3 is 2.23 bits per heavy atom. The monoisotopic (exact) mass is 451 g/mol. The highest BCUT2D eigenvalue weighted by atomic mass is 16.9. The van der Waals surface area contributed by atoms with Crippen LogP contribution in [0.15, 0.2) is 0 Å². The number of aliphatic hydroxyl groups excluding tert-OH is 5. The van der Waals surface area contributed by atoms with Crippen molar-refractivity contribution in [1.82, 2.24) is 0 Å². The topological polar surface area (TPSA) is 222 Å². The summed E-state index contributed by atoms with van der Waals surface area (Å²) in [5.41, 5.74) is 5.41. The molecule has 0 radical (unpaired) electrons. The Bertz CT molecular complexity index is 696. The van der Waals surface area contributed by atoms with Crippen LogP contribution in [-0.2, 0) is 23.7 Å². The van der Waals surface area contributed by atoms with Crippen LogP contribution in [0.2, 0.25) is 0 Å². The fourth-order valence-electron chi connectivity index (χ4n) is 5.46. The third kappa shape index (κ3) is 3.23. The molecule has 13 nitrogen and oxygen atoms in total. The second kappa shape index (κ2) is 8.11. The molecule has 8 unspecified atom stereocenters. The van der Waals surface area contributed by atoms with Crippen LogP contribution in [-0.4, -0.2) is 110 Å². The zero-order chi connectivity index (χ0) is 22.7. The smallest absolute Gasteiger partial charge is 0.303 e. The molecule has 0 aromatic carbocycles. The molecule has 12 atom stereocenters. The minimum absolute atomic E-state index is 0.113. The lowest BCUT2D eigenvalue weighted by molar-refractivity contribution is -0.526. The lowest BCUT2D eigenvalue weighted by Crippen LogP contribution is -2.71. The van der Waals surface area contributed by atoms with E-state index in [4.69, 9.17) is 29.8 Å². The molecule has 2 heterocycles. The van der Waals surface area contributed by atoms with Crippen molar-refractivity contribution in [1.29, 1.82) is 0 Å². The Labute approximate surface area is 176 Å². The van der Waals surface area contributed by atoms with Gasteiger partial charge in [0.1, 0.15) is 0 Å². The van der Waals surface area contributed by atoms with Crippen LogP contribution in [0.4, 0.5) is 0 Å². The normalized spacial score (nSPS) is 52.9. The molecule has 4 rings (SSSR count). The van der Waals surface area contributed by atoms with E-state index in [1.54, 1.807) is 0 Å². The van der Waals surface area contributed by atoms with Gasteiger partial charge < -0.3 is 60.4 Å². The number of carbonyl (C=O) groups is 1. The fourth-order valence-corrected chi connectivity index (χ4v) is 5.46. The first kappa shape index (κ1) is 23.2. The Morgan fingerprint density at radius 1 is 0.968 bits per heavy atom. The average Bonchev–Trinajstić information content (AvgIpc) is 2.93. The number of rotatable bonds is 9. The number of aliphatic hydroxyl groups is 6. The van der Waals surface area contributed by atoms with Gasteiger partial charge in [0.2, 0.25) is 0 Å². The van der Waals surface area contributed by atoms with Crippen molar-refractivity contribution in [3.05, 3.63) is 0 Å². The van der Waals surface area contributed by atoms with Gasteiger partial charge >= 0.3 is 5.97 Å². The van der Waals surface area contributed by atoms with Gasteiger partial charge in [-0.2, -0.15) is 0 Å². The van der Waals surface area contributed by atoms with Gasteiger partial charge in [0.05, 0.1) is 55.4 Å². The van der Waals surface area contributed by atoms with Crippen LogP contribution in [0.5, 0.6) is 0 Å². The maximum Gasteiger partial charge on any atom is 0.303 e. The summed E-state index contributed by atoms with van der Waals surface area (Å²) >= 11 is 0. The van der Waals surface area contributed by atoms with Gasteiger partial charge in [-0.05, 0) is 6.42 Å². The van der Waals surface area contributed by atoms with E-state index < -0.39 is 84.8 Å². The summed E-state index contributed by atoms with van der Waals surface area (Å²) in [6, 6.07) is 0. The summed E-state index contributed by atoms with van der Waals surface area (Å²) in [7, 11) is 0. The number of carboxylic acid groups (broad SMARTS) is 1. The van der Waals surface area contributed by atoms with Crippen molar-refractivity contribution >= 4 is 5.97 Å². The average molecular weight is 451 g/mol. The molecule has 0 spiro atoms. The van der Waals surface area contributed by atoms with Crippen LogP contribution in [0.25, 0.3) is 0 Å². The molecule has 4 fully saturated rings. The highest BCUT2D eigenvalue weighted by Crippen LogP contribution is 2.60. The van der Waals surface area contributed by atoms with E-state index >= 15 is 0 Å². The maximum absolute atomic E-state index is 10.9. The van der Waals surface area contributed by atoms with Crippen LogP contribution >= 0.6 is 0 Å². The Morgan fingerprint density at radius 2 is 1.61 bits per heavy atom. The summed E-state index contributed by atoms with van der Waals surface area (Å²) in [5.74, 6) is -9.05. The molecular weight excluding hydrogens is 422 g/mol. The summed E-state index contributed by atoms with van der Waals surface area (Å²) < 4.78 is 22.4. The van der Waals surface area contributed by atoms with Crippen molar-refractivity contribution in [3.8, 4) is 0 Å². The van der Waals surface area contributed by atoms with E-state index in [9.17, 15) is 35.4 Å². The zero-order valence-electron chi connectivity index (χ0n) is 16.6. The molecule has 2 saturated heterocycles. The molecule has 13 heteroatoms. The number of fused-ring (bicyclic) bond motifs is 2. The Kier molecular flexibility index (Phi) is 6.07. The second-order valence-electron chi connectivity index (χ2n) is 8.56. The molecule has 0 bridgehead atoms. The summed E-state index contributed by atoms with van der Waals surface area (Å²) in [5, 5.41) is 71.1. The van der Waals surface area contributed by atoms with E-state index in [1.807, 2.05) is 0 Å². The number of hydrogen-bond donors (Lipinski definition) is 8. The summed E-state index contributed by atoms with van der Waals surface area (Å²) in [6.07, 6.45) is -8.45. The first-order valence-corrected chi connectivity index (χ1v) is 10.2. The van der Waals surface area contributed by atoms with Gasteiger partial charge in [-0.25, -0.2) is 0 Å². The number of nitrogens with two attached hydrogens (primary N) is 1.